The summed E-state index contributed by atoms with van der Waals surface area (Å²) >= 11 is 0. The standard InChI is InChI=1S/C40H26N2/c1-3-11-27(12-4-1)30-20-22-38-34(24-30)36-25-35-33-17-9-10-18-37(33)42(32-21-19-28-13-7-8-14-29(28)23-32)39(35)26-40(36)41(38)31-15-5-2-6-16-31/h1-26H. The Kier molecular flexibility index (Phi) is 4.93. The largest absolute Gasteiger partial charge is 0.309 e. The summed E-state index contributed by atoms with van der Waals surface area (Å²) in [5, 5.41) is 7.56. The number of benzene rings is 7. The quantitative estimate of drug-likeness (QED) is 0.213. The van der Waals surface area contributed by atoms with E-state index in [1.807, 2.05) is 0 Å². The molecule has 42 heavy (non-hydrogen) atoms. The van der Waals surface area contributed by atoms with Crippen LogP contribution in [0.4, 0.5) is 0 Å². The van der Waals surface area contributed by atoms with E-state index >= 15 is 0 Å². The lowest BCUT2D eigenvalue weighted by Gasteiger charge is -2.11. The van der Waals surface area contributed by atoms with E-state index in [0.29, 0.717) is 0 Å². The van der Waals surface area contributed by atoms with Crippen LogP contribution in [0.5, 0.6) is 0 Å². The highest BCUT2D eigenvalue weighted by molar-refractivity contribution is 6.19. The van der Waals surface area contributed by atoms with Crippen molar-refractivity contribution in [3.8, 4) is 22.5 Å². The molecule has 7 aromatic carbocycles. The second-order valence-electron chi connectivity index (χ2n) is 11.0. The van der Waals surface area contributed by atoms with Crippen LogP contribution in [0.2, 0.25) is 0 Å². The van der Waals surface area contributed by atoms with Crippen LogP contribution < -0.4 is 0 Å². The van der Waals surface area contributed by atoms with Gasteiger partial charge in [-0.15, -0.1) is 0 Å². The highest BCUT2D eigenvalue weighted by Crippen LogP contribution is 2.40. The molecular formula is C40H26N2. The van der Waals surface area contributed by atoms with Crippen LogP contribution in [0.3, 0.4) is 0 Å². The molecule has 2 nitrogen and oxygen atoms in total. The molecule has 0 saturated carbocycles. The zero-order chi connectivity index (χ0) is 27.6. The van der Waals surface area contributed by atoms with Crippen LogP contribution in [0.1, 0.15) is 0 Å². The molecule has 0 amide bonds. The van der Waals surface area contributed by atoms with Crippen LogP contribution in [0, 0.1) is 0 Å². The van der Waals surface area contributed by atoms with Gasteiger partial charge in [-0.3, -0.25) is 0 Å². The van der Waals surface area contributed by atoms with E-state index < -0.39 is 0 Å². The van der Waals surface area contributed by atoms with Gasteiger partial charge >= 0.3 is 0 Å². The molecule has 0 aliphatic heterocycles. The summed E-state index contributed by atoms with van der Waals surface area (Å²) in [5.74, 6) is 0. The molecule has 196 valence electrons. The maximum Gasteiger partial charge on any atom is 0.0562 e. The minimum atomic E-state index is 1.16. The Bertz CT molecular complexity index is 2440. The highest BCUT2D eigenvalue weighted by atomic mass is 15.0. The van der Waals surface area contributed by atoms with Crippen LogP contribution in [0.25, 0.3) is 76.9 Å². The molecule has 2 heterocycles. The van der Waals surface area contributed by atoms with Gasteiger partial charge in [-0.25, -0.2) is 0 Å². The summed E-state index contributed by atoms with van der Waals surface area (Å²) in [7, 11) is 0. The average molecular weight is 535 g/mol. The molecule has 9 rings (SSSR count). The zero-order valence-corrected chi connectivity index (χ0v) is 22.9. The van der Waals surface area contributed by atoms with Crippen LogP contribution in [-0.4, -0.2) is 9.13 Å². The smallest absolute Gasteiger partial charge is 0.0562 e. The van der Waals surface area contributed by atoms with Crippen molar-refractivity contribution in [3.05, 3.63) is 158 Å². The lowest BCUT2D eigenvalue weighted by atomic mass is 10.0. The van der Waals surface area contributed by atoms with Gasteiger partial charge in [0.25, 0.3) is 0 Å². The lowest BCUT2D eigenvalue weighted by Crippen LogP contribution is -1.96. The third kappa shape index (κ3) is 3.39. The number of rotatable bonds is 3. The second-order valence-corrected chi connectivity index (χ2v) is 11.0. The van der Waals surface area contributed by atoms with Crippen molar-refractivity contribution < 1.29 is 0 Å². The summed E-state index contributed by atoms with van der Waals surface area (Å²) < 4.78 is 4.85. The molecule has 0 saturated heterocycles. The predicted octanol–water partition coefficient (Wildman–Crippen LogP) is 10.7. The van der Waals surface area contributed by atoms with Gasteiger partial charge in [0, 0.05) is 32.9 Å². The molecule has 2 heteroatoms. The monoisotopic (exact) mass is 534 g/mol. The first-order chi connectivity index (χ1) is 20.8. The fourth-order valence-electron chi connectivity index (χ4n) is 6.74. The fraction of sp³-hybridized carbons (Fsp3) is 0. The van der Waals surface area contributed by atoms with Crippen molar-refractivity contribution in [2.75, 3.05) is 0 Å². The first-order valence-corrected chi connectivity index (χ1v) is 14.4. The second kappa shape index (κ2) is 8.95. The molecule has 0 spiro atoms. The number of nitrogens with zero attached hydrogens (tertiary/aromatic N) is 2. The minimum absolute atomic E-state index is 1.16. The van der Waals surface area contributed by atoms with E-state index in [1.165, 1.54) is 71.2 Å². The van der Waals surface area contributed by atoms with Gasteiger partial charge in [-0.05, 0) is 76.5 Å². The minimum Gasteiger partial charge on any atom is -0.309 e. The first-order valence-electron chi connectivity index (χ1n) is 14.4. The summed E-state index contributed by atoms with van der Waals surface area (Å²) in [4.78, 5) is 0. The summed E-state index contributed by atoms with van der Waals surface area (Å²) in [5.41, 5.74) is 9.65. The summed E-state index contributed by atoms with van der Waals surface area (Å²) in [6.07, 6.45) is 0. The molecule has 2 aromatic heterocycles. The molecule has 0 radical (unpaired) electrons. The third-order valence-corrected chi connectivity index (χ3v) is 8.67. The number of hydrogen-bond acceptors (Lipinski definition) is 0. The van der Waals surface area contributed by atoms with E-state index in [0.717, 1.165) is 5.69 Å². The Morgan fingerprint density at radius 1 is 0.286 bits per heavy atom. The molecular weight excluding hydrogens is 508 g/mol. The van der Waals surface area contributed by atoms with Gasteiger partial charge in [0.1, 0.15) is 0 Å². The fourth-order valence-corrected chi connectivity index (χ4v) is 6.74. The van der Waals surface area contributed by atoms with Gasteiger partial charge < -0.3 is 9.13 Å². The van der Waals surface area contributed by atoms with Crippen molar-refractivity contribution in [3.63, 3.8) is 0 Å². The van der Waals surface area contributed by atoms with Crippen molar-refractivity contribution in [1.82, 2.24) is 9.13 Å². The van der Waals surface area contributed by atoms with E-state index in [1.54, 1.807) is 0 Å². The average Bonchev–Trinajstić information content (AvgIpc) is 3.56. The Morgan fingerprint density at radius 3 is 1.74 bits per heavy atom. The van der Waals surface area contributed by atoms with Gasteiger partial charge in [-0.1, -0.05) is 103 Å². The van der Waals surface area contributed by atoms with E-state index in [-0.39, 0.29) is 0 Å². The van der Waals surface area contributed by atoms with E-state index in [2.05, 4.69) is 167 Å². The molecule has 0 unspecified atom stereocenters. The van der Waals surface area contributed by atoms with Crippen molar-refractivity contribution in [1.29, 1.82) is 0 Å². The molecule has 0 bridgehead atoms. The van der Waals surface area contributed by atoms with Crippen LogP contribution in [0.15, 0.2) is 158 Å². The Morgan fingerprint density at radius 2 is 0.905 bits per heavy atom. The van der Waals surface area contributed by atoms with Crippen molar-refractivity contribution in [2.24, 2.45) is 0 Å². The first kappa shape index (κ1) is 23.1. The number of para-hydroxylation sites is 2. The van der Waals surface area contributed by atoms with E-state index in [4.69, 9.17) is 0 Å². The molecule has 9 aromatic rings. The Hall–Kier alpha value is -5.60. The molecule has 0 atom stereocenters. The van der Waals surface area contributed by atoms with Crippen molar-refractivity contribution in [2.45, 2.75) is 0 Å². The third-order valence-electron chi connectivity index (χ3n) is 8.67. The maximum atomic E-state index is 2.43. The molecule has 0 aliphatic carbocycles. The van der Waals surface area contributed by atoms with Gasteiger partial charge in [0.2, 0.25) is 0 Å². The molecule has 0 aliphatic rings. The number of hydrogen-bond donors (Lipinski definition) is 0. The van der Waals surface area contributed by atoms with Crippen molar-refractivity contribution >= 4 is 54.4 Å². The van der Waals surface area contributed by atoms with Crippen LogP contribution in [-0.2, 0) is 0 Å². The van der Waals surface area contributed by atoms with E-state index in [9.17, 15) is 0 Å². The predicted molar refractivity (Wildman–Crippen MR) is 178 cm³/mol. The number of fused-ring (bicyclic) bond motifs is 7. The SMILES string of the molecule is c1ccc(-c2ccc3c(c2)c2cc4c5ccccc5n(-c5ccc6ccccc6c5)c4cc2n3-c2ccccc2)cc1. The Labute approximate surface area is 243 Å². The normalized spacial score (nSPS) is 11.8. The van der Waals surface area contributed by atoms with Gasteiger partial charge in [0.15, 0.2) is 0 Å². The van der Waals surface area contributed by atoms with Gasteiger partial charge in [0.05, 0.1) is 22.1 Å². The lowest BCUT2D eigenvalue weighted by molar-refractivity contribution is 1.17. The topological polar surface area (TPSA) is 9.86 Å². The molecule has 0 N–H and O–H groups in total. The summed E-state index contributed by atoms with van der Waals surface area (Å²) in [6, 6.07) is 57.3. The maximum absolute atomic E-state index is 2.43. The van der Waals surface area contributed by atoms with Crippen LogP contribution >= 0.6 is 0 Å². The van der Waals surface area contributed by atoms with Gasteiger partial charge in [-0.2, -0.15) is 0 Å². The highest BCUT2D eigenvalue weighted by Gasteiger charge is 2.19. The number of aromatic nitrogens is 2. The zero-order valence-electron chi connectivity index (χ0n) is 22.9. The molecule has 0 fully saturated rings. The Balaban J connectivity index is 1.42. The summed E-state index contributed by atoms with van der Waals surface area (Å²) in [6.45, 7) is 0.